The summed E-state index contributed by atoms with van der Waals surface area (Å²) < 4.78 is 0. The highest BCUT2D eigenvalue weighted by molar-refractivity contribution is 5.92. The summed E-state index contributed by atoms with van der Waals surface area (Å²) in [5.74, 6) is 0.663. The average Bonchev–Trinajstić information content (AvgIpc) is 3.12. The normalized spacial score (nSPS) is 22.5. The molecule has 1 aliphatic heterocycles. The van der Waals surface area contributed by atoms with Gasteiger partial charge in [-0.1, -0.05) is 0 Å². The van der Waals surface area contributed by atoms with Crippen molar-refractivity contribution in [1.82, 2.24) is 25.3 Å². The molecule has 0 spiro atoms. The van der Waals surface area contributed by atoms with Crippen LogP contribution in [0.5, 0.6) is 0 Å². The van der Waals surface area contributed by atoms with E-state index in [1.807, 2.05) is 0 Å². The van der Waals surface area contributed by atoms with Crippen molar-refractivity contribution in [3.8, 4) is 0 Å². The SMILES string of the molecule is O=C(NC1CC(c2cc(=O)[nH]c(N3CCCC3)n2)C1)c1cnccn1. The number of nitrogens with zero attached hydrogens (tertiary/aromatic N) is 4. The summed E-state index contributed by atoms with van der Waals surface area (Å²) in [6.07, 6.45) is 8.31. The first-order valence-electron chi connectivity index (χ1n) is 8.62. The predicted molar refractivity (Wildman–Crippen MR) is 91.6 cm³/mol. The number of hydrogen-bond acceptors (Lipinski definition) is 6. The van der Waals surface area contributed by atoms with Crippen molar-refractivity contribution in [2.24, 2.45) is 0 Å². The second kappa shape index (κ2) is 6.62. The highest BCUT2D eigenvalue weighted by Gasteiger charge is 2.33. The Morgan fingerprint density at radius 1 is 1.24 bits per heavy atom. The minimum absolute atomic E-state index is 0.0795. The minimum Gasteiger partial charge on any atom is -0.348 e. The van der Waals surface area contributed by atoms with Crippen LogP contribution in [-0.2, 0) is 0 Å². The number of carbonyl (C=O) groups is 1. The van der Waals surface area contributed by atoms with E-state index in [-0.39, 0.29) is 23.4 Å². The van der Waals surface area contributed by atoms with Crippen LogP contribution in [0.2, 0.25) is 0 Å². The first-order valence-corrected chi connectivity index (χ1v) is 8.62. The van der Waals surface area contributed by atoms with E-state index in [0.717, 1.165) is 44.5 Å². The van der Waals surface area contributed by atoms with E-state index in [0.29, 0.717) is 11.6 Å². The maximum absolute atomic E-state index is 12.1. The van der Waals surface area contributed by atoms with E-state index in [9.17, 15) is 9.59 Å². The summed E-state index contributed by atoms with van der Waals surface area (Å²) in [5, 5.41) is 2.95. The maximum atomic E-state index is 12.1. The van der Waals surface area contributed by atoms with E-state index in [2.05, 4.69) is 30.2 Å². The third-order valence-corrected chi connectivity index (χ3v) is 4.84. The van der Waals surface area contributed by atoms with Gasteiger partial charge in [0.25, 0.3) is 11.5 Å². The topological polar surface area (TPSA) is 104 Å². The Bertz CT molecular complexity index is 809. The Kier molecular flexibility index (Phi) is 4.17. The zero-order chi connectivity index (χ0) is 17.2. The van der Waals surface area contributed by atoms with Crippen molar-refractivity contribution in [2.45, 2.75) is 37.6 Å². The van der Waals surface area contributed by atoms with E-state index in [4.69, 9.17) is 0 Å². The van der Waals surface area contributed by atoms with Crippen molar-refractivity contribution >= 4 is 11.9 Å². The minimum atomic E-state index is -0.215. The number of nitrogens with one attached hydrogen (secondary N) is 2. The van der Waals surface area contributed by atoms with Gasteiger partial charge in [-0.3, -0.25) is 19.6 Å². The zero-order valence-electron chi connectivity index (χ0n) is 13.8. The van der Waals surface area contributed by atoms with E-state index in [1.165, 1.54) is 18.6 Å². The smallest absolute Gasteiger partial charge is 0.271 e. The van der Waals surface area contributed by atoms with E-state index in [1.54, 1.807) is 6.07 Å². The van der Waals surface area contributed by atoms with Crippen LogP contribution >= 0.6 is 0 Å². The van der Waals surface area contributed by atoms with E-state index < -0.39 is 0 Å². The Hall–Kier alpha value is -2.77. The van der Waals surface area contributed by atoms with Crippen LogP contribution in [0.1, 0.15) is 47.8 Å². The molecule has 1 aliphatic carbocycles. The summed E-state index contributed by atoms with van der Waals surface area (Å²) in [5.41, 5.74) is 1.02. The zero-order valence-corrected chi connectivity index (χ0v) is 13.8. The van der Waals surface area contributed by atoms with Crippen LogP contribution in [-0.4, -0.2) is 45.0 Å². The molecule has 0 aromatic carbocycles. The number of rotatable bonds is 4. The predicted octanol–water partition coefficient (Wildman–Crippen LogP) is 0.836. The van der Waals surface area contributed by atoms with Crippen LogP contribution in [0.25, 0.3) is 0 Å². The van der Waals surface area contributed by atoms with Gasteiger partial charge in [-0.25, -0.2) is 9.97 Å². The Morgan fingerprint density at radius 2 is 2.04 bits per heavy atom. The van der Waals surface area contributed by atoms with Gasteiger partial charge in [-0.2, -0.15) is 0 Å². The fourth-order valence-electron chi connectivity index (χ4n) is 3.40. The summed E-state index contributed by atoms with van der Waals surface area (Å²) >= 11 is 0. The molecule has 8 nitrogen and oxygen atoms in total. The van der Waals surface area contributed by atoms with Crippen molar-refractivity contribution in [3.63, 3.8) is 0 Å². The van der Waals surface area contributed by atoms with Gasteiger partial charge in [0.2, 0.25) is 5.95 Å². The first-order chi connectivity index (χ1) is 12.2. The van der Waals surface area contributed by atoms with E-state index >= 15 is 0 Å². The van der Waals surface area contributed by atoms with Gasteiger partial charge in [-0.15, -0.1) is 0 Å². The Balaban J connectivity index is 1.39. The second-order valence-electron chi connectivity index (χ2n) is 6.62. The molecule has 1 saturated heterocycles. The number of aromatic nitrogens is 4. The molecule has 130 valence electrons. The molecule has 2 fully saturated rings. The molecule has 2 N–H and O–H groups in total. The molecule has 2 aromatic heterocycles. The van der Waals surface area contributed by atoms with Gasteiger partial charge in [0.1, 0.15) is 5.69 Å². The average molecular weight is 340 g/mol. The first kappa shape index (κ1) is 15.7. The molecule has 0 unspecified atom stereocenters. The molecule has 0 bridgehead atoms. The quantitative estimate of drug-likeness (QED) is 0.855. The molecule has 2 aliphatic rings. The lowest BCUT2D eigenvalue weighted by molar-refractivity contribution is 0.0902. The Morgan fingerprint density at radius 3 is 2.76 bits per heavy atom. The Labute approximate surface area is 144 Å². The van der Waals surface area contributed by atoms with Crippen LogP contribution in [0.15, 0.2) is 29.5 Å². The number of amides is 1. The molecular weight excluding hydrogens is 320 g/mol. The van der Waals surface area contributed by atoms with Gasteiger partial charge in [0, 0.05) is 43.5 Å². The second-order valence-corrected chi connectivity index (χ2v) is 6.62. The summed E-state index contributed by atoms with van der Waals surface area (Å²) in [6.45, 7) is 1.88. The third-order valence-electron chi connectivity index (χ3n) is 4.84. The molecule has 1 amide bonds. The molecule has 0 radical (unpaired) electrons. The number of anilines is 1. The van der Waals surface area contributed by atoms with Crippen molar-refractivity contribution in [1.29, 1.82) is 0 Å². The molecule has 8 heteroatoms. The van der Waals surface area contributed by atoms with Crippen molar-refractivity contribution in [2.75, 3.05) is 18.0 Å². The van der Waals surface area contributed by atoms with Crippen molar-refractivity contribution < 1.29 is 4.79 Å². The number of carbonyl (C=O) groups excluding carboxylic acids is 1. The number of H-pyrrole nitrogens is 1. The van der Waals surface area contributed by atoms with Crippen LogP contribution in [0.3, 0.4) is 0 Å². The number of aromatic amines is 1. The maximum Gasteiger partial charge on any atom is 0.271 e. The standard InChI is InChI=1S/C17H20N6O2/c24-15-9-13(21-17(22-15)23-5-1-2-6-23)11-7-12(8-11)20-16(25)14-10-18-3-4-19-14/h3-4,9-12H,1-2,5-8H2,(H,20,25)(H,21,22,24). The van der Waals surface area contributed by atoms with Gasteiger partial charge >= 0.3 is 0 Å². The van der Waals surface area contributed by atoms with Gasteiger partial charge in [0.15, 0.2) is 0 Å². The van der Waals surface area contributed by atoms with Crippen LogP contribution in [0, 0.1) is 0 Å². The summed E-state index contributed by atoms with van der Waals surface area (Å²) in [6, 6.07) is 1.65. The van der Waals surface area contributed by atoms with Gasteiger partial charge in [0.05, 0.1) is 11.9 Å². The lowest BCUT2D eigenvalue weighted by atomic mass is 9.78. The highest BCUT2D eigenvalue weighted by atomic mass is 16.2. The van der Waals surface area contributed by atoms with Gasteiger partial charge < -0.3 is 10.2 Å². The molecule has 1 saturated carbocycles. The molecule has 3 heterocycles. The lowest BCUT2D eigenvalue weighted by Gasteiger charge is -2.35. The monoisotopic (exact) mass is 340 g/mol. The van der Waals surface area contributed by atoms with Crippen LogP contribution in [0.4, 0.5) is 5.95 Å². The fourth-order valence-corrected chi connectivity index (χ4v) is 3.40. The summed E-state index contributed by atoms with van der Waals surface area (Å²) in [4.78, 5) is 41.5. The van der Waals surface area contributed by atoms with Gasteiger partial charge in [-0.05, 0) is 25.7 Å². The van der Waals surface area contributed by atoms with Crippen molar-refractivity contribution in [3.05, 3.63) is 46.4 Å². The highest BCUT2D eigenvalue weighted by Crippen LogP contribution is 2.36. The largest absolute Gasteiger partial charge is 0.348 e. The summed E-state index contributed by atoms with van der Waals surface area (Å²) in [7, 11) is 0. The molecular formula is C17H20N6O2. The number of hydrogen-bond donors (Lipinski definition) is 2. The molecule has 2 aromatic rings. The van der Waals surface area contributed by atoms with Crippen LogP contribution < -0.4 is 15.8 Å². The lowest BCUT2D eigenvalue weighted by Crippen LogP contribution is -2.44. The third kappa shape index (κ3) is 3.38. The fraction of sp³-hybridized carbons (Fsp3) is 0.471. The molecule has 0 atom stereocenters. The molecule has 4 rings (SSSR count). The molecule has 25 heavy (non-hydrogen) atoms.